The van der Waals surface area contributed by atoms with Crippen LogP contribution in [0.4, 0.5) is 0 Å². The Balaban J connectivity index is 1.93. The number of rotatable bonds is 7. The Hall–Kier alpha value is -1.72. The fourth-order valence-corrected chi connectivity index (χ4v) is 2.24. The first kappa shape index (κ1) is 14.7. The van der Waals surface area contributed by atoms with Gasteiger partial charge >= 0.3 is 0 Å². The molecule has 0 fully saturated rings. The van der Waals surface area contributed by atoms with Gasteiger partial charge in [0.05, 0.1) is 11.8 Å². The van der Waals surface area contributed by atoms with Crippen LogP contribution in [0.3, 0.4) is 0 Å². The molecule has 1 heterocycles. The summed E-state index contributed by atoms with van der Waals surface area (Å²) in [7, 11) is 0. The Labute approximate surface area is 119 Å². The van der Waals surface area contributed by atoms with Crippen molar-refractivity contribution in [3.05, 3.63) is 42.0 Å². The number of hydrogen-bond acceptors (Lipinski definition) is 4. The quantitative estimate of drug-likeness (QED) is 0.808. The third-order valence-electron chi connectivity index (χ3n) is 3.26. The fourth-order valence-electron chi connectivity index (χ4n) is 2.24. The standard InChI is InChI=1S/C15H22N4O/c1-3-4-14(20)9-16-8-13-5-6-15(12(2)7-13)19-11-17-10-18-19/h5-7,10-11,14,16,20H,3-4,8-9H2,1-2H3. The van der Waals surface area contributed by atoms with E-state index in [0.717, 1.165) is 30.6 Å². The first-order valence-corrected chi connectivity index (χ1v) is 7.04. The molecular weight excluding hydrogens is 252 g/mol. The van der Waals surface area contributed by atoms with Crippen LogP contribution in [0, 0.1) is 6.92 Å². The molecule has 108 valence electrons. The molecule has 5 nitrogen and oxygen atoms in total. The molecule has 0 saturated carbocycles. The van der Waals surface area contributed by atoms with Crippen molar-refractivity contribution in [2.45, 2.75) is 39.3 Å². The molecule has 0 aliphatic rings. The van der Waals surface area contributed by atoms with Gasteiger partial charge in [0.25, 0.3) is 0 Å². The summed E-state index contributed by atoms with van der Waals surface area (Å²) in [6.45, 7) is 5.54. The topological polar surface area (TPSA) is 63.0 Å². The van der Waals surface area contributed by atoms with Crippen molar-refractivity contribution in [3.8, 4) is 5.69 Å². The number of aromatic nitrogens is 3. The number of aliphatic hydroxyl groups is 1. The molecule has 2 rings (SSSR count). The molecule has 0 aliphatic heterocycles. The first-order chi connectivity index (χ1) is 9.70. The molecule has 1 unspecified atom stereocenters. The summed E-state index contributed by atoms with van der Waals surface area (Å²) in [6.07, 6.45) is 4.83. The maximum atomic E-state index is 9.67. The lowest BCUT2D eigenvalue weighted by molar-refractivity contribution is 0.160. The maximum Gasteiger partial charge on any atom is 0.138 e. The highest BCUT2D eigenvalue weighted by Crippen LogP contribution is 2.14. The van der Waals surface area contributed by atoms with E-state index in [0.29, 0.717) is 6.54 Å². The summed E-state index contributed by atoms with van der Waals surface area (Å²) < 4.78 is 1.76. The van der Waals surface area contributed by atoms with Crippen LogP contribution in [0.5, 0.6) is 0 Å². The Kier molecular flexibility index (Phi) is 5.26. The van der Waals surface area contributed by atoms with E-state index in [9.17, 15) is 5.11 Å². The van der Waals surface area contributed by atoms with Gasteiger partial charge in [-0.3, -0.25) is 0 Å². The van der Waals surface area contributed by atoms with Crippen LogP contribution >= 0.6 is 0 Å². The number of nitrogens with zero attached hydrogens (tertiary/aromatic N) is 3. The molecule has 0 spiro atoms. The second kappa shape index (κ2) is 7.17. The smallest absolute Gasteiger partial charge is 0.138 e. The minimum Gasteiger partial charge on any atom is -0.392 e. The van der Waals surface area contributed by atoms with Crippen LogP contribution in [0.2, 0.25) is 0 Å². The predicted molar refractivity (Wildman–Crippen MR) is 78.7 cm³/mol. The SMILES string of the molecule is CCCC(O)CNCc1ccc(-n2cncn2)c(C)c1. The van der Waals surface area contributed by atoms with Crippen molar-refractivity contribution < 1.29 is 5.11 Å². The normalized spacial score (nSPS) is 12.6. The highest BCUT2D eigenvalue weighted by atomic mass is 16.3. The molecule has 2 aromatic rings. The van der Waals surface area contributed by atoms with Crippen LogP contribution < -0.4 is 5.32 Å². The third-order valence-corrected chi connectivity index (χ3v) is 3.26. The number of aryl methyl sites for hydroxylation is 1. The number of hydrogen-bond donors (Lipinski definition) is 2. The molecule has 1 aromatic heterocycles. The van der Waals surface area contributed by atoms with Crippen LogP contribution in [0.1, 0.15) is 30.9 Å². The van der Waals surface area contributed by atoms with Crippen molar-refractivity contribution >= 4 is 0 Å². The average molecular weight is 274 g/mol. The van der Waals surface area contributed by atoms with E-state index >= 15 is 0 Å². The zero-order valence-corrected chi connectivity index (χ0v) is 12.1. The van der Waals surface area contributed by atoms with Gasteiger partial charge in [-0.25, -0.2) is 9.67 Å². The van der Waals surface area contributed by atoms with E-state index in [2.05, 4.69) is 41.4 Å². The highest BCUT2D eigenvalue weighted by Gasteiger charge is 2.04. The van der Waals surface area contributed by atoms with Gasteiger partial charge in [0.15, 0.2) is 0 Å². The Morgan fingerprint density at radius 3 is 2.90 bits per heavy atom. The lowest BCUT2D eigenvalue weighted by atomic mass is 10.1. The van der Waals surface area contributed by atoms with Crippen LogP contribution in [-0.2, 0) is 6.54 Å². The van der Waals surface area contributed by atoms with E-state index in [1.54, 1.807) is 11.0 Å². The van der Waals surface area contributed by atoms with Crippen LogP contribution in [0.25, 0.3) is 5.69 Å². The van der Waals surface area contributed by atoms with Gasteiger partial charge in [-0.1, -0.05) is 25.5 Å². The van der Waals surface area contributed by atoms with Crippen LogP contribution in [-0.4, -0.2) is 32.5 Å². The summed E-state index contributed by atoms with van der Waals surface area (Å²) in [5, 5.41) is 17.1. The summed E-state index contributed by atoms with van der Waals surface area (Å²) in [5.74, 6) is 0. The molecule has 5 heteroatoms. The van der Waals surface area contributed by atoms with Crippen LogP contribution in [0.15, 0.2) is 30.9 Å². The van der Waals surface area contributed by atoms with Gasteiger partial charge in [-0.15, -0.1) is 0 Å². The Bertz CT molecular complexity index is 525. The van der Waals surface area contributed by atoms with Crippen molar-refractivity contribution in [1.29, 1.82) is 0 Å². The van der Waals surface area contributed by atoms with Gasteiger partial charge in [0.2, 0.25) is 0 Å². The third kappa shape index (κ3) is 3.88. The minimum absolute atomic E-state index is 0.254. The summed E-state index contributed by atoms with van der Waals surface area (Å²) in [6, 6.07) is 6.25. The second-order valence-electron chi connectivity index (χ2n) is 5.03. The molecular formula is C15H22N4O. The monoisotopic (exact) mass is 274 g/mol. The fraction of sp³-hybridized carbons (Fsp3) is 0.467. The minimum atomic E-state index is -0.254. The van der Waals surface area contributed by atoms with E-state index in [1.807, 2.05) is 6.07 Å². The predicted octanol–water partition coefficient (Wildman–Crippen LogP) is 1.83. The van der Waals surface area contributed by atoms with Gasteiger partial charge < -0.3 is 10.4 Å². The summed E-state index contributed by atoms with van der Waals surface area (Å²) >= 11 is 0. The van der Waals surface area contributed by atoms with E-state index in [4.69, 9.17) is 0 Å². The maximum absolute atomic E-state index is 9.67. The van der Waals surface area contributed by atoms with E-state index in [1.165, 1.54) is 11.9 Å². The number of benzene rings is 1. The number of aliphatic hydroxyl groups excluding tert-OH is 1. The lowest BCUT2D eigenvalue weighted by Gasteiger charge is -2.12. The Morgan fingerprint density at radius 2 is 2.25 bits per heavy atom. The van der Waals surface area contributed by atoms with E-state index < -0.39 is 0 Å². The van der Waals surface area contributed by atoms with Gasteiger partial charge in [-0.05, 0) is 30.5 Å². The Morgan fingerprint density at radius 1 is 1.40 bits per heavy atom. The molecule has 0 aliphatic carbocycles. The lowest BCUT2D eigenvalue weighted by Crippen LogP contribution is -2.26. The molecule has 1 atom stereocenters. The van der Waals surface area contributed by atoms with Crippen molar-refractivity contribution in [2.24, 2.45) is 0 Å². The van der Waals surface area contributed by atoms with Gasteiger partial charge in [0.1, 0.15) is 12.7 Å². The van der Waals surface area contributed by atoms with Gasteiger partial charge in [0, 0.05) is 13.1 Å². The van der Waals surface area contributed by atoms with Crippen molar-refractivity contribution in [1.82, 2.24) is 20.1 Å². The molecule has 0 saturated heterocycles. The molecule has 20 heavy (non-hydrogen) atoms. The molecule has 0 radical (unpaired) electrons. The average Bonchev–Trinajstić information content (AvgIpc) is 2.93. The van der Waals surface area contributed by atoms with Crippen molar-refractivity contribution in [3.63, 3.8) is 0 Å². The summed E-state index contributed by atoms with van der Waals surface area (Å²) in [5.41, 5.74) is 3.40. The first-order valence-electron chi connectivity index (χ1n) is 7.04. The zero-order chi connectivity index (χ0) is 14.4. The summed E-state index contributed by atoms with van der Waals surface area (Å²) in [4.78, 5) is 3.96. The van der Waals surface area contributed by atoms with Crippen molar-refractivity contribution in [2.75, 3.05) is 6.54 Å². The molecule has 0 amide bonds. The molecule has 1 aromatic carbocycles. The van der Waals surface area contributed by atoms with E-state index in [-0.39, 0.29) is 6.10 Å². The number of nitrogens with one attached hydrogen (secondary N) is 1. The second-order valence-corrected chi connectivity index (χ2v) is 5.03. The largest absolute Gasteiger partial charge is 0.392 e. The van der Waals surface area contributed by atoms with Gasteiger partial charge in [-0.2, -0.15) is 5.10 Å². The highest BCUT2D eigenvalue weighted by molar-refractivity contribution is 5.41. The molecule has 0 bridgehead atoms. The zero-order valence-electron chi connectivity index (χ0n) is 12.1. The molecule has 2 N–H and O–H groups in total.